The van der Waals surface area contributed by atoms with Gasteiger partial charge in [-0.3, -0.25) is 0 Å². The van der Waals surface area contributed by atoms with E-state index in [9.17, 15) is 0 Å². The number of benzene rings is 1. The van der Waals surface area contributed by atoms with Gasteiger partial charge >= 0.3 is 0 Å². The Morgan fingerprint density at radius 3 is 0.846 bits per heavy atom. The number of hydrogen-bond acceptors (Lipinski definition) is 1. The van der Waals surface area contributed by atoms with Gasteiger partial charge in [-0.05, 0) is 6.54 Å². The molecule has 1 nitrogen and oxygen atoms in total. The summed E-state index contributed by atoms with van der Waals surface area (Å²) in [5.41, 5.74) is 4.85. The summed E-state index contributed by atoms with van der Waals surface area (Å²) < 4.78 is 0. The highest BCUT2D eigenvalue weighted by Gasteiger charge is 1.57. The van der Waals surface area contributed by atoms with Crippen LogP contribution >= 0.6 is 0 Å². The largest absolute Gasteiger partial charge is 0.331 e. The molecule has 0 aliphatic carbocycles. The van der Waals surface area contributed by atoms with Gasteiger partial charge in [0.05, 0.1) is 0 Å². The van der Waals surface area contributed by atoms with Gasteiger partial charge in [-0.15, -0.1) is 0 Å². The van der Waals surface area contributed by atoms with Crippen molar-refractivity contribution in [3.05, 3.63) is 36.4 Å². The molecule has 0 aromatic heterocycles. The van der Waals surface area contributed by atoms with Crippen molar-refractivity contribution < 1.29 is 0 Å². The van der Waals surface area contributed by atoms with Gasteiger partial charge < -0.3 is 5.73 Å². The van der Waals surface area contributed by atoms with Crippen LogP contribution in [0.2, 0.25) is 0 Å². The molecule has 2 N–H and O–H groups in total. The molecular weight excluding hydrogens is 158 g/mol. The lowest BCUT2D eigenvalue weighted by Gasteiger charge is -1.69. The van der Waals surface area contributed by atoms with Crippen LogP contribution in [-0.2, 0) is 0 Å². The van der Waals surface area contributed by atoms with E-state index in [1.807, 2.05) is 71.0 Å². The predicted molar refractivity (Wildman–Crippen MR) is 63.9 cm³/mol. The summed E-state index contributed by atoms with van der Waals surface area (Å²) in [6.07, 6.45) is 0. The molecule has 0 saturated heterocycles. The Balaban J connectivity index is -0.000000124. The highest BCUT2D eigenvalue weighted by atomic mass is 14.5. The van der Waals surface area contributed by atoms with E-state index in [4.69, 9.17) is 5.73 Å². The second kappa shape index (κ2) is 30.3. The van der Waals surface area contributed by atoms with Crippen molar-refractivity contribution in [2.45, 2.75) is 34.6 Å². The molecule has 0 amide bonds. The molecule has 1 heteroatoms. The van der Waals surface area contributed by atoms with E-state index >= 15 is 0 Å². The molecule has 0 unspecified atom stereocenters. The summed E-state index contributed by atoms with van der Waals surface area (Å²) in [5.74, 6) is 0. The molecule has 1 rings (SSSR count). The number of hydrogen-bond donors (Lipinski definition) is 1. The van der Waals surface area contributed by atoms with Crippen molar-refractivity contribution >= 4 is 0 Å². The molecule has 0 aliphatic rings. The van der Waals surface area contributed by atoms with E-state index in [2.05, 4.69) is 0 Å². The van der Waals surface area contributed by atoms with E-state index in [1.54, 1.807) is 0 Å². The van der Waals surface area contributed by atoms with Gasteiger partial charge in [0.1, 0.15) is 0 Å². The zero-order valence-electron chi connectivity index (χ0n) is 9.75. The maximum absolute atomic E-state index is 4.85. The van der Waals surface area contributed by atoms with Gasteiger partial charge in [-0.2, -0.15) is 0 Å². The van der Waals surface area contributed by atoms with E-state index in [0.29, 0.717) is 0 Å². The van der Waals surface area contributed by atoms with Crippen LogP contribution in [0.5, 0.6) is 0 Å². The summed E-state index contributed by atoms with van der Waals surface area (Å²) in [6, 6.07) is 12.0. The molecule has 1 aromatic rings. The van der Waals surface area contributed by atoms with Crippen LogP contribution in [0, 0.1) is 0 Å². The Morgan fingerprint density at radius 1 is 0.692 bits per heavy atom. The zero-order valence-corrected chi connectivity index (χ0v) is 9.75. The summed E-state index contributed by atoms with van der Waals surface area (Å²) in [4.78, 5) is 0. The standard InChI is InChI=1S/C6H6.C2H7N.2C2H6/c1-2-4-6-5-3-1;1-2-3;2*1-2/h1-6H;2-3H2,1H3;2*1-2H3. The average Bonchev–Trinajstić information content (AvgIpc) is 2.27. The van der Waals surface area contributed by atoms with E-state index in [-0.39, 0.29) is 0 Å². The third-order valence-corrected chi connectivity index (χ3v) is 0.667. The summed E-state index contributed by atoms with van der Waals surface area (Å²) >= 11 is 0. The van der Waals surface area contributed by atoms with Gasteiger partial charge in [-0.1, -0.05) is 71.0 Å². The van der Waals surface area contributed by atoms with Crippen LogP contribution in [0.15, 0.2) is 36.4 Å². The molecule has 0 fully saturated rings. The van der Waals surface area contributed by atoms with Crippen LogP contribution in [-0.4, -0.2) is 6.54 Å². The first-order valence-electron chi connectivity index (χ1n) is 5.12. The van der Waals surface area contributed by atoms with Gasteiger partial charge in [0.15, 0.2) is 0 Å². The predicted octanol–water partition coefficient (Wildman–Crippen LogP) is 3.70. The quantitative estimate of drug-likeness (QED) is 0.652. The average molecular weight is 183 g/mol. The van der Waals surface area contributed by atoms with Gasteiger partial charge in [0.2, 0.25) is 0 Å². The molecule has 0 saturated carbocycles. The molecule has 13 heavy (non-hydrogen) atoms. The van der Waals surface area contributed by atoms with Crippen LogP contribution < -0.4 is 5.73 Å². The Hall–Kier alpha value is -0.820. The summed E-state index contributed by atoms with van der Waals surface area (Å²) in [6.45, 7) is 10.7. The van der Waals surface area contributed by atoms with Crippen LogP contribution in [0.1, 0.15) is 34.6 Å². The van der Waals surface area contributed by atoms with Crippen molar-refractivity contribution in [3.63, 3.8) is 0 Å². The maximum atomic E-state index is 4.85. The molecule has 0 bridgehead atoms. The van der Waals surface area contributed by atoms with E-state index in [1.165, 1.54) is 0 Å². The van der Waals surface area contributed by atoms with E-state index in [0.717, 1.165) is 6.54 Å². The lowest BCUT2D eigenvalue weighted by molar-refractivity contribution is 1.14. The van der Waals surface area contributed by atoms with Gasteiger partial charge in [-0.25, -0.2) is 0 Å². The first-order chi connectivity index (χ1) is 6.41. The Bertz CT molecular complexity index is 88.0. The molecule has 0 aliphatic heterocycles. The van der Waals surface area contributed by atoms with Crippen molar-refractivity contribution in [3.8, 4) is 0 Å². The Kier molecular flexibility index (Phi) is 42.2. The topological polar surface area (TPSA) is 26.0 Å². The first-order valence-corrected chi connectivity index (χ1v) is 5.12. The minimum absolute atomic E-state index is 0.750. The van der Waals surface area contributed by atoms with Crippen LogP contribution in [0.25, 0.3) is 0 Å². The fraction of sp³-hybridized carbons (Fsp3) is 0.500. The normalized spacial score (nSPS) is 6.00. The number of nitrogens with two attached hydrogens (primary N) is 1. The minimum atomic E-state index is 0.750. The van der Waals surface area contributed by atoms with Crippen LogP contribution in [0.3, 0.4) is 0 Å². The molecule has 78 valence electrons. The maximum Gasteiger partial charge on any atom is -0.0106 e. The molecular formula is C12H25N. The zero-order chi connectivity index (χ0) is 10.9. The van der Waals surface area contributed by atoms with Crippen molar-refractivity contribution in [1.82, 2.24) is 0 Å². The SMILES string of the molecule is CC.CC.CCN.c1ccccc1. The van der Waals surface area contributed by atoms with Crippen molar-refractivity contribution in [2.24, 2.45) is 5.73 Å². The van der Waals surface area contributed by atoms with Gasteiger partial charge in [0, 0.05) is 0 Å². The third-order valence-electron chi connectivity index (χ3n) is 0.667. The molecule has 0 atom stereocenters. The number of rotatable bonds is 0. The fourth-order valence-electron chi connectivity index (χ4n) is 0.385. The fourth-order valence-corrected chi connectivity index (χ4v) is 0.385. The Labute approximate surface area is 84.0 Å². The molecule has 0 heterocycles. The lowest BCUT2D eigenvalue weighted by atomic mass is 10.4. The third kappa shape index (κ3) is 35.1. The highest BCUT2D eigenvalue weighted by Crippen LogP contribution is 1.79. The van der Waals surface area contributed by atoms with E-state index < -0.39 is 0 Å². The van der Waals surface area contributed by atoms with Crippen LogP contribution in [0.4, 0.5) is 0 Å². The molecule has 1 aromatic carbocycles. The Morgan fingerprint density at radius 2 is 0.769 bits per heavy atom. The highest BCUT2D eigenvalue weighted by molar-refractivity contribution is 4.99. The second-order valence-electron chi connectivity index (χ2n) is 1.56. The second-order valence-corrected chi connectivity index (χ2v) is 1.56. The molecule has 0 radical (unpaired) electrons. The minimum Gasteiger partial charge on any atom is -0.331 e. The summed E-state index contributed by atoms with van der Waals surface area (Å²) in [7, 11) is 0. The van der Waals surface area contributed by atoms with Crippen molar-refractivity contribution in [1.29, 1.82) is 0 Å². The smallest absolute Gasteiger partial charge is 0.0106 e. The summed E-state index contributed by atoms with van der Waals surface area (Å²) in [5, 5.41) is 0. The van der Waals surface area contributed by atoms with Gasteiger partial charge in [0.25, 0.3) is 0 Å². The monoisotopic (exact) mass is 183 g/mol. The first kappa shape index (κ1) is 18.1. The molecule has 0 spiro atoms. The van der Waals surface area contributed by atoms with Crippen molar-refractivity contribution in [2.75, 3.05) is 6.54 Å². The lowest BCUT2D eigenvalue weighted by Crippen LogP contribution is -1.87.